The number of hydrogen-bond donors (Lipinski definition) is 3. The van der Waals surface area contributed by atoms with E-state index in [1.165, 1.54) is 24.0 Å². The number of ether oxygens (including phenoxy) is 1. The Balaban J connectivity index is 1.25. The normalized spacial score (nSPS) is 15.1. The van der Waals surface area contributed by atoms with Gasteiger partial charge < -0.3 is 20.4 Å². The van der Waals surface area contributed by atoms with Crippen molar-refractivity contribution >= 4 is 10.9 Å². The second-order valence-corrected chi connectivity index (χ2v) is 9.48. The molecule has 36 heavy (non-hydrogen) atoms. The van der Waals surface area contributed by atoms with Crippen LogP contribution in [0, 0.1) is 5.92 Å². The molecule has 0 spiro atoms. The second kappa shape index (κ2) is 11.5. The minimum Gasteiger partial charge on any atom is -0.486 e. The minimum atomic E-state index is -0.173. The van der Waals surface area contributed by atoms with Crippen LogP contribution in [-0.2, 0) is 13.2 Å². The highest BCUT2D eigenvalue weighted by Crippen LogP contribution is 2.25. The van der Waals surface area contributed by atoms with E-state index in [9.17, 15) is 4.79 Å². The molecule has 3 heterocycles. The standard InChI is InChI=1S/C29H33N5O2/c1-20(22-5-3-2-4-6-22)23-7-9-24(10-8-23)36-19-27-33-28-25(29(35)34-27)13-16-32-26(28)18-31-17-21-11-14-30-15-12-21/h2-10,13,16,20-21,30-31H,11-12,14-15,17-19H2,1H3,(H,33,34,35). The maximum atomic E-state index is 12.7. The molecule has 1 aliphatic heterocycles. The molecule has 2 aromatic carbocycles. The van der Waals surface area contributed by atoms with Crippen LogP contribution in [0.25, 0.3) is 10.9 Å². The van der Waals surface area contributed by atoms with Crippen molar-refractivity contribution in [2.75, 3.05) is 19.6 Å². The predicted molar refractivity (Wildman–Crippen MR) is 142 cm³/mol. The van der Waals surface area contributed by atoms with Gasteiger partial charge in [0, 0.05) is 18.7 Å². The number of benzene rings is 2. The Bertz CT molecular complexity index is 1330. The summed E-state index contributed by atoms with van der Waals surface area (Å²) in [4.78, 5) is 24.8. The molecule has 1 unspecified atom stereocenters. The molecule has 2 aromatic heterocycles. The van der Waals surface area contributed by atoms with E-state index in [0.29, 0.717) is 35.1 Å². The molecule has 0 radical (unpaired) electrons. The molecule has 3 N–H and O–H groups in total. The molecule has 1 fully saturated rings. The summed E-state index contributed by atoms with van der Waals surface area (Å²) in [6.45, 7) is 6.05. The van der Waals surface area contributed by atoms with Gasteiger partial charge in [0.05, 0.1) is 11.1 Å². The van der Waals surface area contributed by atoms with Crippen LogP contribution < -0.4 is 20.9 Å². The number of nitrogens with one attached hydrogen (secondary N) is 3. The van der Waals surface area contributed by atoms with Crippen molar-refractivity contribution in [2.24, 2.45) is 5.92 Å². The molecule has 1 atom stereocenters. The molecule has 0 saturated carbocycles. The number of rotatable bonds is 9. The smallest absolute Gasteiger partial charge is 0.258 e. The van der Waals surface area contributed by atoms with Crippen molar-refractivity contribution in [3.8, 4) is 5.75 Å². The zero-order valence-corrected chi connectivity index (χ0v) is 20.7. The van der Waals surface area contributed by atoms with Crippen molar-refractivity contribution < 1.29 is 4.74 Å². The van der Waals surface area contributed by atoms with Gasteiger partial charge in [-0.3, -0.25) is 9.78 Å². The quantitative estimate of drug-likeness (QED) is 0.331. The first-order valence-corrected chi connectivity index (χ1v) is 12.7. The number of H-pyrrole nitrogens is 1. The van der Waals surface area contributed by atoms with Gasteiger partial charge in [-0.15, -0.1) is 0 Å². The summed E-state index contributed by atoms with van der Waals surface area (Å²) in [6, 6.07) is 20.2. The summed E-state index contributed by atoms with van der Waals surface area (Å²) in [5, 5.41) is 7.46. The Labute approximate surface area is 211 Å². The first-order chi connectivity index (χ1) is 17.7. The second-order valence-electron chi connectivity index (χ2n) is 9.48. The topological polar surface area (TPSA) is 91.9 Å². The number of aromatic nitrogens is 3. The van der Waals surface area contributed by atoms with E-state index in [-0.39, 0.29) is 12.2 Å². The van der Waals surface area contributed by atoms with Crippen molar-refractivity contribution in [3.05, 3.63) is 99.9 Å². The first-order valence-electron chi connectivity index (χ1n) is 12.7. The van der Waals surface area contributed by atoms with Crippen LogP contribution in [0.4, 0.5) is 0 Å². The lowest BCUT2D eigenvalue weighted by atomic mass is 9.93. The lowest BCUT2D eigenvalue weighted by Gasteiger charge is -2.22. The average molecular weight is 484 g/mol. The maximum Gasteiger partial charge on any atom is 0.258 e. The predicted octanol–water partition coefficient (Wildman–Crippen LogP) is 4.14. The van der Waals surface area contributed by atoms with Crippen molar-refractivity contribution in [3.63, 3.8) is 0 Å². The third-order valence-corrected chi connectivity index (χ3v) is 6.99. The Morgan fingerprint density at radius 3 is 2.56 bits per heavy atom. The summed E-state index contributed by atoms with van der Waals surface area (Å²) in [5.74, 6) is 2.19. The molecule has 0 aliphatic carbocycles. The minimum absolute atomic E-state index is 0.173. The first kappa shape index (κ1) is 24.2. The summed E-state index contributed by atoms with van der Waals surface area (Å²) in [5.41, 5.74) is 3.74. The van der Waals surface area contributed by atoms with Crippen molar-refractivity contribution in [1.29, 1.82) is 0 Å². The lowest BCUT2D eigenvalue weighted by Crippen LogP contribution is -2.33. The fourth-order valence-corrected chi connectivity index (χ4v) is 4.78. The zero-order chi connectivity index (χ0) is 24.7. The highest BCUT2D eigenvalue weighted by atomic mass is 16.5. The molecular weight excluding hydrogens is 450 g/mol. The van der Waals surface area contributed by atoms with Gasteiger partial charge in [-0.05, 0) is 67.7 Å². The van der Waals surface area contributed by atoms with Gasteiger partial charge in [-0.25, -0.2) is 4.98 Å². The van der Waals surface area contributed by atoms with Crippen LogP contribution in [0.15, 0.2) is 71.7 Å². The van der Waals surface area contributed by atoms with Crippen molar-refractivity contribution in [2.45, 2.75) is 38.8 Å². The average Bonchev–Trinajstić information content (AvgIpc) is 2.93. The number of hydrogen-bond acceptors (Lipinski definition) is 6. The largest absolute Gasteiger partial charge is 0.486 e. The van der Waals surface area contributed by atoms with Crippen LogP contribution in [0.2, 0.25) is 0 Å². The molecular formula is C29H33N5O2. The van der Waals surface area contributed by atoms with Crippen LogP contribution in [-0.4, -0.2) is 34.6 Å². The number of aromatic amines is 1. The van der Waals surface area contributed by atoms with E-state index < -0.39 is 0 Å². The molecule has 5 rings (SSSR count). The van der Waals surface area contributed by atoms with E-state index in [2.05, 4.69) is 63.9 Å². The Kier molecular flexibility index (Phi) is 7.69. The third-order valence-electron chi connectivity index (χ3n) is 6.99. The van der Waals surface area contributed by atoms with Crippen LogP contribution in [0.1, 0.15) is 48.3 Å². The summed E-state index contributed by atoms with van der Waals surface area (Å²) < 4.78 is 5.96. The molecule has 1 saturated heterocycles. The van der Waals surface area contributed by atoms with Crippen molar-refractivity contribution in [1.82, 2.24) is 25.6 Å². The third kappa shape index (κ3) is 5.80. The highest BCUT2D eigenvalue weighted by molar-refractivity contribution is 5.79. The van der Waals surface area contributed by atoms with Crippen LogP contribution >= 0.6 is 0 Å². The van der Waals surface area contributed by atoms with E-state index in [0.717, 1.165) is 31.1 Å². The lowest BCUT2D eigenvalue weighted by molar-refractivity contribution is 0.296. The summed E-state index contributed by atoms with van der Waals surface area (Å²) >= 11 is 0. The van der Waals surface area contributed by atoms with Crippen LogP contribution in [0.5, 0.6) is 5.75 Å². The summed E-state index contributed by atoms with van der Waals surface area (Å²) in [7, 11) is 0. The fourth-order valence-electron chi connectivity index (χ4n) is 4.78. The van der Waals surface area contributed by atoms with Crippen LogP contribution in [0.3, 0.4) is 0 Å². The van der Waals surface area contributed by atoms with Gasteiger partial charge in [-0.1, -0.05) is 49.4 Å². The Hall–Kier alpha value is -3.55. The van der Waals surface area contributed by atoms with Gasteiger partial charge in [0.25, 0.3) is 5.56 Å². The molecule has 0 amide bonds. The van der Waals surface area contributed by atoms with Gasteiger partial charge >= 0.3 is 0 Å². The molecule has 186 valence electrons. The van der Waals surface area contributed by atoms with Gasteiger partial charge in [0.2, 0.25) is 0 Å². The highest BCUT2D eigenvalue weighted by Gasteiger charge is 2.14. The van der Waals surface area contributed by atoms with Gasteiger partial charge in [-0.2, -0.15) is 0 Å². The summed E-state index contributed by atoms with van der Waals surface area (Å²) in [6.07, 6.45) is 4.04. The SMILES string of the molecule is CC(c1ccccc1)c1ccc(OCc2nc3c(CNCC4CCNCC4)nccc3c(=O)[nH]2)cc1. The number of piperidine rings is 1. The number of fused-ring (bicyclic) bond motifs is 1. The van der Waals surface area contributed by atoms with E-state index in [4.69, 9.17) is 9.72 Å². The molecule has 7 nitrogen and oxygen atoms in total. The molecule has 1 aliphatic rings. The van der Waals surface area contributed by atoms with E-state index in [1.807, 2.05) is 18.2 Å². The van der Waals surface area contributed by atoms with E-state index >= 15 is 0 Å². The monoisotopic (exact) mass is 483 g/mol. The number of nitrogens with zero attached hydrogens (tertiary/aromatic N) is 2. The molecule has 0 bridgehead atoms. The maximum absolute atomic E-state index is 12.7. The van der Waals surface area contributed by atoms with Gasteiger partial charge in [0.1, 0.15) is 23.7 Å². The Morgan fingerprint density at radius 1 is 1.03 bits per heavy atom. The fraction of sp³-hybridized carbons (Fsp3) is 0.345. The number of pyridine rings is 1. The van der Waals surface area contributed by atoms with E-state index in [1.54, 1.807) is 12.3 Å². The molecule has 7 heteroatoms. The zero-order valence-electron chi connectivity index (χ0n) is 20.7. The Morgan fingerprint density at radius 2 is 1.78 bits per heavy atom. The van der Waals surface area contributed by atoms with Gasteiger partial charge in [0.15, 0.2) is 0 Å². The molecule has 4 aromatic rings.